The number of carbonyl (C=O) groups excluding carboxylic acids is 3. The van der Waals surface area contributed by atoms with Crippen molar-refractivity contribution in [2.24, 2.45) is 23.7 Å². The van der Waals surface area contributed by atoms with Gasteiger partial charge in [-0.05, 0) is 24.7 Å². The van der Waals surface area contributed by atoms with Crippen LogP contribution in [0.5, 0.6) is 0 Å². The van der Waals surface area contributed by atoms with E-state index in [0.29, 0.717) is 12.2 Å². The van der Waals surface area contributed by atoms with Crippen molar-refractivity contribution < 1.29 is 23.9 Å². The smallest absolute Gasteiger partial charge is 0.310 e. The second-order valence-electron chi connectivity index (χ2n) is 6.56. The molecule has 5 nitrogen and oxygen atoms in total. The molecule has 3 rings (SSSR count). The predicted octanol–water partition coefficient (Wildman–Crippen LogP) is 2.80. The Kier molecular flexibility index (Phi) is 5.31. The van der Waals surface area contributed by atoms with E-state index in [1.165, 1.54) is 0 Å². The number of hydrogen-bond donors (Lipinski definition) is 0. The summed E-state index contributed by atoms with van der Waals surface area (Å²) in [6.07, 6.45) is 5.46. The Hall–Kier alpha value is -2.43. The van der Waals surface area contributed by atoms with Crippen molar-refractivity contribution in [2.75, 3.05) is 13.2 Å². The summed E-state index contributed by atoms with van der Waals surface area (Å²) in [7, 11) is 0. The van der Waals surface area contributed by atoms with Crippen LogP contribution >= 0.6 is 0 Å². The van der Waals surface area contributed by atoms with Crippen molar-refractivity contribution in [2.45, 2.75) is 19.8 Å². The van der Waals surface area contributed by atoms with E-state index in [1.54, 1.807) is 24.3 Å². The quantitative estimate of drug-likeness (QED) is 0.433. The molecular weight excluding hydrogens is 320 g/mol. The van der Waals surface area contributed by atoms with E-state index in [4.69, 9.17) is 9.47 Å². The van der Waals surface area contributed by atoms with Crippen LogP contribution in [-0.2, 0) is 19.1 Å². The lowest BCUT2D eigenvalue weighted by Gasteiger charge is -2.24. The van der Waals surface area contributed by atoms with Crippen molar-refractivity contribution in [1.29, 1.82) is 0 Å². The molecule has 4 atom stereocenters. The molecule has 2 aliphatic carbocycles. The fourth-order valence-corrected chi connectivity index (χ4v) is 3.70. The number of Topliss-reactive ketones (excluding diaryl/α,β-unsaturated/α-hetero) is 1. The molecule has 1 aromatic carbocycles. The lowest BCUT2D eigenvalue weighted by molar-refractivity contribution is -0.160. The molecule has 1 aromatic rings. The fourth-order valence-electron chi connectivity index (χ4n) is 3.70. The first-order chi connectivity index (χ1) is 12.1. The van der Waals surface area contributed by atoms with Gasteiger partial charge in [0.25, 0.3) is 0 Å². The standard InChI is InChI=1S/C20H22O5/c1-2-10-24-19(22)17-14-8-9-15(11-14)18(17)20(23)25-12-16(21)13-6-4-3-5-7-13/h3-9,14-15,17-18H,2,10-12H2,1H3/t14-,15+,17+,18+/m1/s1. The summed E-state index contributed by atoms with van der Waals surface area (Å²) in [5.74, 6) is -2.11. The summed E-state index contributed by atoms with van der Waals surface area (Å²) in [4.78, 5) is 37.0. The third-order valence-electron chi connectivity index (χ3n) is 4.89. The third kappa shape index (κ3) is 3.65. The molecule has 0 N–H and O–H groups in total. The molecule has 5 heteroatoms. The molecule has 0 unspecified atom stereocenters. The second kappa shape index (κ2) is 7.64. The summed E-state index contributed by atoms with van der Waals surface area (Å²) >= 11 is 0. The van der Waals surface area contributed by atoms with Crippen molar-refractivity contribution >= 4 is 17.7 Å². The maximum Gasteiger partial charge on any atom is 0.310 e. The van der Waals surface area contributed by atoms with Gasteiger partial charge in [-0.15, -0.1) is 0 Å². The van der Waals surface area contributed by atoms with Crippen LogP contribution in [0.25, 0.3) is 0 Å². The van der Waals surface area contributed by atoms with Gasteiger partial charge in [0.1, 0.15) is 0 Å². The molecule has 0 radical (unpaired) electrons. The monoisotopic (exact) mass is 342 g/mol. The number of esters is 2. The Bertz CT molecular complexity index is 679. The van der Waals surface area contributed by atoms with Gasteiger partial charge in [-0.2, -0.15) is 0 Å². The first-order valence-corrected chi connectivity index (χ1v) is 8.71. The van der Waals surface area contributed by atoms with Gasteiger partial charge in [-0.25, -0.2) is 0 Å². The number of ether oxygens (including phenoxy) is 2. The average Bonchev–Trinajstić information content (AvgIpc) is 3.26. The van der Waals surface area contributed by atoms with Crippen LogP contribution < -0.4 is 0 Å². The predicted molar refractivity (Wildman–Crippen MR) is 90.7 cm³/mol. The minimum atomic E-state index is -0.553. The molecule has 0 aliphatic heterocycles. The molecular formula is C20H22O5. The number of benzene rings is 1. The molecule has 0 amide bonds. The SMILES string of the molecule is CCCOC(=O)[C@@H]1[C@@H](C(=O)OCC(=O)c2ccccc2)[C@H]2C=C[C@@H]1C2. The van der Waals surface area contributed by atoms with Crippen LogP contribution in [-0.4, -0.2) is 30.9 Å². The van der Waals surface area contributed by atoms with Gasteiger partial charge >= 0.3 is 11.9 Å². The highest BCUT2D eigenvalue weighted by Gasteiger charge is 2.53. The third-order valence-corrected chi connectivity index (χ3v) is 4.89. The van der Waals surface area contributed by atoms with Crippen molar-refractivity contribution in [3.05, 3.63) is 48.0 Å². The minimum Gasteiger partial charge on any atom is -0.465 e. The normalized spacial score (nSPS) is 26.4. The molecule has 132 valence electrons. The highest BCUT2D eigenvalue weighted by molar-refractivity contribution is 5.98. The van der Waals surface area contributed by atoms with E-state index in [1.807, 2.05) is 25.1 Å². The Labute approximate surface area is 147 Å². The summed E-state index contributed by atoms with van der Waals surface area (Å²) in [6.45, 7) is 1.97. The topological polar surface area (TPSA) is 69.7 Å². The Morgan fingerprint density at radius 1 is 0.960 bits per heavy atom. The lowest BCUT2D eigenvalue weighted by atomic mass is 9.83. The van der Waals surface area contributed by atoms with Crippen molar-refractivity contribution in [3.8, 4) is 0 Å². The maximum absolute atomic E-state index is 12.5. The molecule has 1 saturated carbocycles. The lowest BCUT2D eigenvalue weighted by Crippen LogP contribution is -2.36. The maximum atomic E-state index is 12.5. The number of rotatable bonds is 7. The van der Waals surface area contributed by atoms with E-state index < -0.39 is 17.8 Å². The number of ketones is 1. The molecule has 0 heterocycles. The molecule has 0 spiro atoms. The highest BCUT2D eigenvalue weighted by Crippen LogP contribution is 2.49. The Balaban J connectivity index is 1.63. The second-order valence-corrected chi connectivity index (χ2v) is 6.56. The summed E-state index contributed by atoms with van der Waals surface area (Å²) in [5.41, 5.74) is 0.502. The fraction of sp³-hybridized carbons (Fsp3) is 0.450. The van der Waals surface area contributed by atoms with Crippen LogP contribution in [0.4, 0.5) is 0 Å². The van der Waals surface area contributed by atoms with Gasteiger partial charge in [0, 0.05) is 5.56 Å². The van der Waals surface area contributed by atoms with Gasteiger partial charge in [0.2, 0.25) is 0 Å². The van der Waals surface area contributed by atoms with Crippen molar-refractivity contribution in [1.82, 2.24) is 0 Å². The molecule has 2 bridgehead atoms. The zero-order valence-corrected chi connectivity index (χ0v) is 14.2. The number of hydrogen-bond acceptors (Lipinski definition) is 5. The van der Waals surface area contributed by atoms with Gasteiger partial charge in [0.15, 0.2) is 12.4 Å². The van der Waals surface area contributed by atoms with Gasteiger partial charge in [-0.3, -0.25) is 14.4 Å². The number of fused-ring (bicyclic) bond motifs is 2. The van der Waals surface area contributed by atoms with E-state index in [-0.39, 0.29) is 30.2 Å². The zero-order chi connectivity index (χ0) is 17.8. The Morgan fingerprint density at radius 2 is 1.56 bits per heavy atom. The van der Waals surface area contributed by atoms with E-state index >= 15 is 0 Å². The van der Waals surface area contributed by atoms with Gasteiger partial charge in [0.05, 0.1) is 18.4 Å². The van der Waals surface area contributed by atoms with Gasteiger partial charge in [-0.1, -0.05) is 49.4 Å². The minimum absolute atomic E-state index is 0.0106. The number of allylic oxidation sites excluding steroid dienone is 2. The first kappa shape index (κ1) is 17.4. The van der Waals surface area contributed by atoms with Crippen LogP contribution in [0.2, 0.25) is 0 Å². The van der Waals surface area contributed by atoms with E-state index in [2.05, 4.69) is 0 Å². The van der Waals surface area contributed by atoms with Crippen LogP contribution in [0, 0.1) is 23.7 Å². The van der Waals surface area contributed by atoms with E-state index in [0.717, 1.165) is 12.8 Å². The molecule has 0 aromatic heterocycles. The summed E-state index contributed by atoms with van der Waals surface area (Å²) < 4.78 is 10.5. The van der Waals surface area contributed by atoms with Crippen LogP contribution in [0.15, 0.2) is 42.5 Å². The van der Waals surface area contributed by atoms with Crippen LogP contribution in [0.3, 0.4) is 0 Å². The Morgan fingerprint density at radius 3 is 2.16 bits per heavy atom. The highest BCUT2D eigenvalue weighted by atomic mass is 16.5. The van der Waals surface area contributed by atoms with Crippen molar-refractivity contribution in [3.63, 3.8) is 0 Å². The van der Waals surface area contributed by atoms with E-state index in [9.17, 15) is 14.4 Å². The molecule has 0 saturated heterocycles. The molecule has 2 aliphatic rings. The zero-order valence-electron chi connectivity index (χ0n) is 14.2. The first-order valence-electron chi connectivity index (χ1n) is 8.71. The largest absolute Gasteiger partial charge is 0.465 e. The molecule has 25 heavy (non-hydrogen) atoms. The average molecular weight is 342 g/mol. The van der Waals surface area contributed by atoms with Crippen LogP contribution in [0.1, 0.15) is 30.1 Å². The van der Waals surface area contributed by atoms with Gasteiger partial charge < -0.3 is 9.47 Å². The summed E-state index contributed by atoms with van der Waals surface area (Å²) in [5, 5.41) is 0. The summed E-state index contributed by atoms with van der Waals surface area (Å²) in [6, 6.07) is 8.70. The molecule has 1 fully saturated rings. The number of carbonyl (C=O) groups is 3.